The molecule has 0 bridgehead atoms. The van der Waals surface area contributed by atoms with Gasteiger partial charge in [0.15, 0.2) is 5.03 Å². The van der Waals surface area contributed by atoms with E-state index in [1.807, 2.05) is 5.38 Å². The standard InChI is InChI=1S/C11H14N4O2S2/c1-12-10-4-3-5-13-11(10)19(16,17)15(2)6-9-7-18-8-14-9/h3-5,7-8,12H,6H2,1-2H3. The lowest BCUT2D eigenvalue weighted by Crippen LogP contribution is -2.28. The molecule has 0 fully saturated rings. The Hall–Kier alpha value is -1.51. The Kier molecular flexibility index (Phi) is 4.13. The first-order valence-corrected chi connectivity index (χ1v) is 7.90. The molecule has 19 heavy (non-hydrogen) atoms. The fourth-order valence-corrected chi connectivity index (χ4v) is 3.35. The summed E-state index contributed by atoms with van der Waals surface area (Å²) in [7, 11) is -0.454. The lowest BCUT2D eigenvalue weighted by Gasteiger charge is -2.17. The molecule has 1 N–H and O–H groups in total. The van der Waals surface area contributed by atoms with Crippen molar-refractivity contribution in [3.63, 3.8) is 0 Å². The second-order valence-electron chi connectivity index (χ2n) is 3.85. The molecule has 102 valence electrons. The Morgan fingerprint density at radius 2 is 2.21 bits per heavy atom. The zero-order chi connectivity index (χ0) is 13.9. The van der Waals surface area contributed by atoms with Crippen LogP contribution in [0.2, 0.25) is 0 Å². The third kappa shape index (κ3) is 2.91. The zero-order valence-electron chi connectivity index (χ0n) is 10.6. The summed E-state index contributed by atoms with van der Waals surface area (Å²) < 4.78 is 26.1. The van der Waals surface area contributed by atoms with Crippen LogP contribution in [0.4, 0.5) is 5.69 Å². The van der Waals surface area contributed by atoms with Gasteiger partial charge in [0.05, 0.1) is 23.4 Å². The molecular formula is C11H14N4O2S2. The largest absolute Gasteiger partial charge is 0.386 e. The van der Waals surface area contributed by atoms with Gasteiger partial charge in [-0.25, -0.2) is 18.4 Å². The van der Waals surface area contributed by atoms with Crippen molar-refractivity contribution < 1.29 is 8.42 Å². The second kappa shape index (κ2) is 5.64. The summed E-state index contributed by atoms with van der Waals surface area (Å²) in [6, 6.07) is 3.36. The van der Waals surface area contributed by atoms with Crippen LogP contribution in [0.15, 0.2) is 34.2 Å². The molecule has 0 saturated carbocycles. The molecule has 0 aromatic carbocycles. The molecule has 0 aliphatic rings. The number of hydrogen-bond acceptors (Lipinski definition) is 6. The van der Waals surface area contributed by atoms with Crippen LogP contribution in [-0.2, 0) is 16.6 Å². The highest BCUT2D eigenvalue weighted by Crippen LogP contribution is 2.21. The molecule has 2 aromatic heterocycles. The minimum absolute atomic E-state index is 0.0234. The van der Waals surface area contributed by atoms with Gasteiger partial charge in [-0.3, -0.25) is 0 Å². The van der Waals surface area contributed by atoms with Gasteiger partial charge in [-0.05, 0) is 12.1 Å². The third-order valence-corrected chi connectivity index (χ3v) is 4.96. The van der Waals surface area contributed by atoms with Crippen molar-refractivity contribution in [2.45, 2.75) is 11.6 Å². The molecule has 0 amide bonds. The molecule has 0 aliphatic heterocycles. The summed E-state index contributed by atoms with van der Waals surface area (Å²) in [5.74, 6) is 0. The Morgan fingerprint density at radius 1 is 1.42 bits per heavy atom. The molecule has 6 nitrogen and oxygen atoms in total. The number of hydrogen-bond donors (Lipinski definition) is 1. The van der Waals surface area contributed by atoms with E-state index in [4.69, 9.17) is 0 Å². The maximum absolute atomic E-state index is 12.4. The van der Waals surface area contributed by atoms with Gasteiger partial charge in [-0.15, -0.1) is 11.3 Å². The first-order chi connectivity index (χ1) is 9.05. The molecule has 0 aliphatic carbocycles. The monoisotopic (exact) mass is 298 g/mol. The highest BCUT2D eigenvalue weighted by Gasteiger charge is 2.25. The Bertz CT molecular complexity index is 640. The maximum atomic E-state index is 12.4. The van der Waals surface area contributed by atoms with E-state index in [1.165, 1.54) is 28.9 Å². The number of rotatable bonds is 5. The van der Waals surface area contributed by atoms with Crippen molar-refractivity contribution in [3.8, 4) is 0 Å². The van der Waals surface area contributed by atoms with E-state index in [2.05, 4.69) is 15.3 Å². The molecule has 8 heteroatoms. The molecular weight excluding hydrogens is 284 g/mol. The van der Waals surface area contributed by atoms with E-state index < -0.39 is 10.0 Å². The van der Waals surface area contributed by atoms with Crippen LogP contribution in [-0.4, -0.2) is 36.8 Å². The second-order valence-corrected chi connectivity index (χ2v) is 6.53. The van der Waals surface area contributed by atoms with E-state index in [0.717, 1.165) is 5.69 Å². The highest BCUT2D eigenvalue weighted by molar-refractivity contribution is 7.89. The Labute approximate surface area is 116 Å². The van der Waals surface area contributed by atoms with E-state index in [9.17, 15) is 8.42 Å². The molecule has 2 aromatic rings. The number of nitrogens with one attached hydrogen (secondary N) is 1. The maximum Gasteiger partial charge on any atom is 0.262 e. The van der Waals surface area contributed by atoms with Crippen LogP contribution in [0.1, 0.15) is 5.69 Å². The van der Waals surface area contributed by atoms with Crippen LogP contribution >= 0.6 is 11.3 Å². The zero-order valence-corrected chi connectivity index (χ0v) is 12.2. The number of anilines is 1. The molecule has 0 unspecified atom stereocenters. The number of aromatic nitrogens is 2. The van der Waals surface area contributed by atoms with Crippen LogP contribution in [0.3, 0.4) is 0 Å². The molecule has 2 rings (SSSR count). The topological polar surface area (TPSA) is 75.2 Å². The van der Waals surface area contributed by atoms with Crippen LogP contribution in [0.25, 0.3) is 0 Å². The molecule has 0 saturated heterocycles. The molecule has 0 radical (unpaired) electrons. The normalized spacial score (nSPS) is 11.7. The lowest BCUT2D eigenvalue weighted by molar-refractivity contribution is 0.460. The van der Waals surface area contributed by atoms with Crippen molar-refractivity contribution in [1.82, 2.24) is 14.3 Å². The average molecular weight is 298 g/mol. The average Bonchev–Trinajstić information content (AvgIpc) is 2.91. The summed E-state index contributed by atoms with van der Waals surface area (Å²) >= 11 is 1.44. The van der Waals surface area contributed by atoms with Crippen molar-refractivity contribution in [3.05, 3.63) is 34.9 Å². The van der Waals surface area contributed by atoms with Gasteiger partial charge in [0.1, 0.15) is 0 Å². The quantitative estimate of drug-likeness (QED) is 0.903. The van der Waals surface area contributed by atoms with Gasteiger partial charge < -0.3 is 5.32 Å². The van der Waals surface area contributed by atoms with Crippen molar-refractivity contribution in [2.24, 2.45) is 0 Å². The summed E-state index contributed by atoms with van der Waals surface area (Å²) in [6.45, 7) is 0.228. The third-order valence-electron chi connectivity index (χ3n) is 2.56. The van der Waals surface area contributed by atoms with Crippen LogP contribution in [0.5, 0.6) is 0 Å². The summed E-state index contributed by atoms with van der Waals surface area (Å²) in [4.78, 5) is 8.04. The van der Waals surface area contributed by atoms with E-state index in [-0.39, 0.29) is 11.6 Å². The van der Waals surface area contributed by atoms with Crippen LogP contribution < -0.4 is 5.32 Å². The van der Waals surface area contributed by atoms with Gasteiger partial charge in [0.25, 0.3) is 10.0 Å². The van der Waals surface area contributed by atoms with Crippen molar-refractivity contribution >= 4 is 27.0 Å². The number of thiazole rings is 1. The lowest BCUT2D eigenvalue weighted by atomic mass is 10.4. The fourth-order valence-electron chi connectivity index (χ4n) is 1.56. The molecule has 2 heterocycles. The predicted molar refractivity (Wildman–Crippen MR) is 74.6 cm³/mol. The smallest absolute Gasteiger partial charge is 0.262 e. The van der Waals surface area contributed by atoms with Gasteiger partial charge in [-0.2, -0.15) is 4.31 Å². The van der Waals surface area contributed by atoms with Gasteiger partial charge in [-0.1, -0.05) is 0 Å². The predicted octanol–water partition coefficient (Wildman–Crippen LogP) is 1.40. The fraction of sp³-hybridized carbons (Fsp3) is 0.273. The van der Waals surface area contributed by atoms with Crippen molar-refractivity contribution in [2.75, 3.05) is 19.4 Å². The minimum atomic E-state index is -3.63. The van der Waals surface area contributed by atoms with Crippen LogP contribution in [0, 0.1) is 0 Å². The van der Waals surface area contributed by atoms with E-state index >= 15 is 0 Å². The van der Waals surface area contributed by atoms with E-state index in [0.29, 0.717) is 5.69 Å². The SMILES string of the molecule is CNc1cccnc1S(=O)(=O)N(C)Cc1cscn1. The first-order valence-electron chi connectivity index (χ1n) is 5.52. The van der Waals surface area contributed by atoms with Gasteiger partial charge in [0.2, 0.25) is 0 Å². The van der Waals surface area contributed by atoms with Crippen molar-refractivity contribution in [1.29, 1.82) is 0 Å². The number of nitrogens with zero attached hydrogens (tertiary/aromatic N) is 3. The Morgan fingerprint density at radius 3 is 2.84 bits per heavy atom. The first kappa shape index (κ1) is 13.9. The highest BCUT2D eigenvalue weighted by atomic mass is 32.2. The summed E-state index contributed by atoms with van der Waals surface area (Å²) in [5, 5.41) is 4.68. The number of pyridine rings is 1. The van der Waals surface area contributed by atoms with E-state index in [1.54, 1.807) is 24.7 Å². The summed E-state index contributed by atoms with van der Waals surface area (Å²) in [5.41, 5.74) is 2.88. The molecule has 0 spiro atoms. The van der Waals surface area contributed by atoms with Gasteiger partial charge in [0, 0.05) is 25.7 Å². The minimum Gasteiger partial charge on any atom is -0.386 e. The number of sulfonamides is 1. The van der Waals surface area contributed by atoms with Gasteiger partial charge >= 0.3 is 0 Å². The Balaban J connectivity index is 2.31. The summed E-state index contributed by atoms with van der Waals surface area (Å²) in [6.07, 6.45) is 1.46. The molecule has 0 atom stereocenters.